The van der Waals surface area contributed by atoms with Gasteiger partial charge in [-0.1, -0.05) is 54.5 Å². The zero-order valence-corrected chi connectivity index (χ0v) is 20.9. The second-order valence-electron chi connectivity index (χ2n) is 8.84. The number of anilines is 1. The molecule has 0 saturated carbocycles. The van der Waals surface area contributed by atoms with Crippen LogP contribution in [0.1, 0.15) is 29.3 Å². The van der Waals surface area contributed by atoms with Gasteiger partial charge in [0, 0.05) is 35.5 Å². The first kappa shape index (κ1) is 25.6. The Kier molecular flexibility index (Phi) is 8.65. The Balaban J connectivity index is 1.24. The van der Waals surface area contributed by atoms with Crippen molar-refractivity contribution in [3.05, 3.63) is 90.0 Å². The third-order valence-electron chi connectivity index (χ3n) is 5.89. The van der Waals surface area contributed by atoms with Gasteiger partial charge in [-0.3, -0.25) is 9.59 Å². The molecule has 1 aromatic heterocycles. The van der Waals surface area contributed by atoms with Gasteiger partial charge < -0.3 is 19.9 Å². The minimum atomic E-state index is -0.352. The van der Waals surface area contributed by atoms with Crippen molar-refractivity contribution in [3.8, 4) is 22.8 Å². The van der Waals surface area contributed by atoms with Crippen molar-refractivity contribution in [2.75, 3.05) is 25.5 Å². The lowest BCUT2D eigenvalue weighted by atomic mass is 10.00. The Labute approximate surface area is 216 Å². The average molecular weight is 499 g/mol. The summed E-state index contributed by atoms with van der Waals surface area (Å²) in [7, 11) is 1.33. The van der Waals surface area contributed by atoms with Crippen molar-refractivity contribution in [1.29, 1.82) is 0 Å². The number of methoxy groups -OCH3 is 1. The molecule has 0 aliphatic heterocycles. The van der Waals surface area contributed by atoms with E-state index in [0.717, 1.165) is 29.8 Å². The molecular weight excluding hydrogens is 468 g/mol. The fourth-order valence-electron chi connectivity index (χ4n) is 3.82. The van der Waals surface area contributed by atoms with E-state index >= 15 is 0 Å². The highest BCUT2D eigenvalue weighted by Crippen LogP contribution is 2.23. The molecule has 8 heteroatoms. The highest BCUT2D eigenvalue weighted by Gasteiger charge is 2.11. The average Bonchev–Trinajstić information content (AvgIpc) is 3.43. The molecule has 0 fully saturated rings. The summed E-state index contributed by atoms with van der Waals surface area (Å²) in [4.78, 5) is 27.8. The van der Waals surface area contributed by atoms with Crippen LogP contribution in [0.4, 0.5) is 5.69 Å². The van der Waals surface area contributed by atoms with Crippen LogP contribution in [0, 0.1) is 5.92 Å². The SMILES string of the molecule is COC(=O)CCNC(=O)c1ccc(NCC(C)Cc2ccc(-c3noc(-c4ccccc4)n3)cc2)cc1. The Bertz CT molecular complexity index is 1300. The van der Waals surface area contributed by atoms with E-state index in [-0.39, 0.29) is 24.8 Å². The first-order valence-electron chi connectivity index (χ1n) is 12.2. The lowest BCUT2D eigenvalue weighted by Crippen LogP contribution is -2.26. The van der Waals surface area contributed by atoms with E-state index in [2.05, 4.69) is 44.6 Å². The van der Waals surface area contributed by atoms with E-state index in [1.54, 1.807) is 12.1 Å². The molecule has 0 radical (unpaired) electrons. The number of aromatic nitrogens is 2. The van der Waals surface area contributed by atoms with Gasteiger partial charge in [0.15, 0.2) is 0 Å². The first-order chi connectivity index (χ1) is 18.0. The molecule has 2 N–H and O–H groups in total. The molecule has 8 nitrogen and oxygen atoms in total. The van der Waals surface area contributed by atoms with Crippen LogP contribution >= 0.6 is 0 Å². The van der Waals surface area contributed by atoms with E-state index in [1.807, 2.05) is 54.6 Å². The zero-order valence-electron chi connectivity index (χ0n) is 20.9. The number of hydrogen-bond donors (Lipinski definition) is 2. The number of nitrogens with one attached hydrogen (secondary N) is 2. The van der Waals surface area contributed by atoms with Crippen molar-refractivity contribution in [2.45, 2.75) is 19.8 Å². The Morgan fingerprint density at radius 2 is 1.68 bits per heavy atom. The molecule has 1 amide bonds. The number of nitrogens with zero attached hydrogens (tertiary/aromatic N) is 2. The summed E-state index contributed by atoms with van der Waals surface area (Å²) in [6.07, 6.45) is 1.06. The van der Waals surface area contributed by atoms with Crippen molar-refractivity contribution in [1.82, 2.24) is 15.5 Å². The third-order valence-corrected chi connectivity index (χ3v) is 5.89. The molecule has 4 aromatic rings. The van der Waals surface area contributed by atoms with Crippen LogP contribution in [0.3, 0.4) is 0 Å². The minimum absolute atomic E-state index is 0.148. The predicted octanol–water partition coefficient (Wildman–Crippen LogP) is 4.99. The summed E-state index contributed by atoms with van der Waals surface area (Å²) < 4.78 is 9.98. The van der Waals surface area contributed by atoms with E-state index in [0.29, 0.717) is 23.2 Å². The summed E-state index contributed by atoms with van der Waals surface area (Å²) in [5, 5.41) is 10.3. The molecule has 0 bridgehead atoms. The van der Waals surface area contributed by atoms with Crippen LogP contribution in [-0.2, 0) is 16.0 Å². The van der Waals surface area contributed by atoms with E-state index < -0.39 is 0 Å². The molecule has 37 heavy (non-hydrogen) atoms. The third kappa shape index (κ3) is 7.27. The topological polar surface area (TPSA) is 106 Å². The van der Waals surface area contributed by atoms with Gasteiger partial charge in [0.25, 0.3) is 11.8 Å². The fraction of sp³-hybridized carbons (Fsp3) is 0.241. The number of amides is 1. The van der Waals surface area contributed by atoms with Gasteiger partial charge in [0.1, 0.15) is 0 Å². The van der Waals surface area contributed by atoms with Crippen molar-refractivity contribution in [3.63, 3.8) is 0 Å². The lowest BCUT2D eigenvalue weighted by Gasteiger charge is -2.14. The molecule has 1 heterocycles. The molecule has 0 spiro atoms. The van der Waals surface area contributed by atoms with Crippen molar-refractivity contribution < 1.29 is 18.8 Å². The predicted molar refractivity (Wildman–Crippen MR) is 142 cm³/mol. The van der Waals surface area contributed by atoms with Crippen LogP contribution in [-0.4, -0.2) is 42.2 Å². The fourth-order valence-corrected chi connectivity index (χ4v) is 3.82. The van der Waals surface area contributed by atoms with Crippen molar-refractivity contribution >= 4 is 17.6 Å². The monoisotopic (exact) mass is 498 g/mol. The van der Waals surface area contributed by atoms with Gasteiger partial charge in [-0.05, 0) is 54.3 Å². The lowest BCUT2D eigenvalue weighted by molar-refractivity contribution is -0.140. The second kappa shape index (κ2) is 12.5. The standard InChI is InChI=1S/C29H30N4O4/c1-20(19-31-25-14-12-23(13-15-25)28(35)30-17-16-26(34)36-2)18-21-8-10-22(11-9-21)27-32-29(37-33-27)24-6-4-3-5-7-24/h3-15,20,31H,16-19H2,1-2H3,(H,30,35). The molecule has 0 aliphatic rings. The van der Waals surface area contributed by atoms with Gasteiger partial charge in [0.05, 0.1) is 13.5 Å². The van der Waals surface area contributed by atoms with Gasteiger partial charge in [-0.15, -0.1) is 0 Å². The molecule has 4 rings (SSSR count). The maximum absolute atomic E-state index is 12.2. The summed E-state index contributed by atoms with van der Waals surface area (Å²) >= 11 is 0. The number of esters is 1. The Morgan fingerprint density at radius 1 is 0.946 bits per heavy atom. The second-order valence-corrected chi connectivity index (χ2v) is 8.84. The quantitative estimate of drug-likeness (QED) is 0.281. The summed E-state index contributed by atoms with van der Waals surface area (Å²) in [5.74, 6) is 0.896. The maximum Gasteiger partial charge on any atom is 0.307 e. The van der Waals surface area contributed by atoms with Crippen molar-refractivity contribution in [2.24, 2.45) is 5.92 Å². The van der Waals surface area contributed by atoms with E-state index in [4.69, 9.17) is 4.52 Å². The Hall–Kier alpha value is -4.46. The minimum Gasteiger partial charge on any atom is -0.469 e. The van der Waals surface area contributed by atoms with E-state index in [1.165, 1.54) is 12.7 Å². The highest BCUT2D eigenvalue weighted by molar-refractivity contribution is 5.94. The van der Waals surface area contributed by atoms with Crippen LogP contribution in [0.2, 0.25) is 0 Å². The van der Waals surface area contributed by atoms with E-state index in [9.17, 15) is 9.59 Å². The molecule has 0 aliphatic carbocycles. The smallest absolute Gasteiger partial charge is 0.307 e. The van der Waals surface area contributed by atoms with Gasteiger partial charge >= 0.3 is 5.97 Å². The van der Waals surface area contributed by atoms with Crippen LogP contribution < -0.4 is 10.6 Å². The van der Waals surface area contributed by atoms with Gasteiger partial charge in [-0.25, -0.2) is 0 Å². The number of carbonyl (C=O) groups excluding carboxylic acids is 2. The number of carbonyl (C=O) groups is 2. The maximum atomic E-state index is 12.2. The number of ether oxygens (including phenoxy) is 1. The summed E-state index contributed by atoms with van der Waals surface area (Å²) in [6.45, 7) is 3.22. The molecule has 0 saturated heterocycles. The van der Waals surface area contributed by atoms with Gasteiger partial charge in [0.2, 0.25) is 5.82 Å². The molecule has 190 valence electrons. The number of rotatable bonds is 11. The van der Waals surface area contributed by atoms with Crippen LogP contribution in [0.15, 0.2) is 83.4 Å². The van der Waals surface area contributed by atoms with Crippen LogP contribution in [0.25, 0.3) is 22.8 Å². The molecular formula is C29H30N4O4. The summed E-state index contributed by atoms with van der Waals surface area (Å²) in [6, 6.07) is 25.2. The Morgan fingerprint density at radius 3 is 2.38 bits per heavy atom. The number of benzene rings is 3. The molecule has 3 aromatic carbocycles. The first-order valence-corrected chi connectivity index (χ1v) is 12.2. The van der Waals surface area contributed by atoms with Crippen LogP contribution in [0.5, 0.6) is 0 Å². The summed E-state index contributed by atoms with van der Waals surface area (Å²) in [5.41, 5.74) is 4.52. The normalized spacial score (nSPS) is 11.5. The zero-order chi connectivity index (χ0) is 26.0. The largest absolute Gasteiger partial charge is 0.469 e. The highest BCUT2D eigenvalue weighted by atomic mass is 16.5. The molecule has 1 atom stereocenters. The van der Waals surface area contributed by atoms with Gasteiger partial charge in [-0.2, -0.15) is 4.98 Å². The molecule has 1 unspecified atom stereocenters. The number of hydrogen-bond acceptors (Lipinski definition) is 7.